The Labute approximate surface area is 205 Å². The van der Waals surface area contributed by atoms with E-state index in [0.29, 0.717) is 11.2 Å². The van der Waals surface area contributed by atoms with Crippen molar-refractivity contribution in [1.29, 1.82) is 0 Å². The third-order valence-corrected chi connectivity index (χ3v) is 7.14. The molecule has 0 spiro atoms. The summed E-state index contributed by atoms with van der Waals surface area (Å²) in [6.07, 6.45) is 18.4. The van der Waals surface area contributed by atoms with Crippen LogP contribution in [0.1, 0.15) is 91.5 Å². The minimum absolute atomic E-state index is 0.139. The van der Waals surface area contributed by atoms with Gasteiger partial charge < -0.3 is 0 Å². The lowest BCUT2D eigenvalue weighted by molar-refractivity contribution is 0.354. The maximum atomic E-state index is 12.4. The second-order valence-electron chi connectivity index (χ2n) is 10.5. The highest BCUT2D eigenvalue weighted by Gasteiger charge is 2.27. The predicted octanol–water partition coefficient (Wildman–Crippen LogP) is 7.54. The van der Waals surface area contributed by atoms with Crippen molar-refractivity contribution in [1.82, 2.24) is 14.8 Å². The molecule has 2 heterocycles. The maximum Gasteiger partial charge on any atom is 0.273 e. The molecule has 0 fully saturated rings. The van der Waals surface area contributed by atoms with Crippen molar-refractivity contribution in [2.45, 2.75) is 92.4 Å². The number of pyridine rings is 1. The molecule has 0 aromatic carbocycles. The van der Waals surface area contributed by atoms with Gasteiger partial charge in [0.15, 0.2) is 5.82 Å². The molecule has 0 unspecified atom stereocenters. The highest BCUT2D eigenvalue weighted by Crippen LogP contribution is 2.42. The van der Waals surface area contributed by atoms with E-state index < -0.39 is 0 Å². The van der Waals surface area contributed by atoms with Crippen LogP contribution in [-0.4, -0.2) is 14.8 Å². The van der Waals surface area contributed by atoms with Crippen molar-refractivity contribution in [2.24, 2.45) is 5.41 Å². The van der Waals surface area contributed by atoms with E-state index in [-0.39, 0.29) is 5.56 Å². The second kappa shape index (κ2) is 12.1. The van der Waals surface area contributed by atoms with Crippen LogP contribution in [0.3, 0.4) is 0 Å². The first-order chi connectivity index (χ1) is 16.3. The summed E-state index contributed by atoms with van der Waals surface area (Å²) in [5, 5.41) is 4.29. The molecular weight excluding hydrogens is 418 g/mol. The van der Waals surface area contributed by atoms with Gasteiger partial charge in [-0.2, -0.15) is 9.78 Å². The van der Waals surface area contributed by atoms with E-state index >= 15 is 0 Å². The third-order valence-electron chi connectivity index (χ3n) is 7.14. The summed E-state index contributed by atoms with van der Waals surface area (Å²) in [5.41, 5.74) is 7.45. The van der Waals surface area contributed by atoms with Crippen LogP contribution in [0.2, 0.25) is 0 Å². The largest absolute Gasteiger partial charge is 0.273 e. The molecule has 0 atom stereocenters. The van der Waals surface area contributed by atoms with Crippen molar-refractivity contribution in [3.05, 3.63) is 87.0 Å². The Hall–Kier alpha value is -2.75. The summed E-state index contributed by atoms with van der Waals surface area (Å²) < 4.78 is 1.34. The van der Waals surface area contributed by atoms with E-state index in [1.807, 2.05) is 12.1 Å². The zero-order valence-corrected chi connectivity index (χ0v) is 21.7. The van der Waals surface area contributed by atoms with Crippen LogP contribution in [0.25, 0.3) is 5.82 Å². The average Bonchev–Trinajstić information content (AvgIpc) is 2.79. The highest BCUT2D eigenvalue weighted by molar-refractivity contribution is 5.24. The number of hydrogen-bond donors (Lipinski definition) is 0. The van der Waals surface area contributed by atoms with Crippen LogP contribution in [0.5, 0.6) is 0 Å². The number of hydrogen-bond acceptors (Lipinski definition) is 3. The molecule has 1 aliphatic carbocycles. The molecule has 0 N–H and O–H groups in total. The van der Waals surface area contributed by atoms with Gasteiger partial charge in [-0.1, -0.05) is 54.4 Å². The highest BCUT2D eigenvalue weighted by atomic mass is 16.1. The molecule has 2 aromatic heterocycles. The Bertz CT molecular complexity index is 1100. The van der Waals surface area contributed by atoms with Crippen molar-refractivity contribution in [3.8, 4) is 5.82 Å². The van der Waals surface area contributed by atoms with Crippen molar-refractivity contribution >= 4 is 0 Å². The van der Waals surface area contributed by atoms with Gasteiger partial charge in [-0.3, -0.25) is 4.79 Å². The molecule has 0 radical (unpaired) electrons. The lowest BCUT2D eigenvalue weighted by atomic mass is 9.71. The van der Waals surface area contributed by atoms with Gasteiger partial charge in [-0.15, -0.1) is 0 Å². The average molecular weight is 460 g/mol. The zero-order valence-electron chi connectivity index (χ0n) is 21.7. The zero-order chi connectivity index (χ0) is 24.6. The molecule has 0 amide bonds. The van der Waals surface area contributed by atoms with Gasteiger partial charge in [0.25, 0.3) is 5.56 Å². The smallest absolute Gasteiger partial charge is 0.267 e. The normalized spacial score (nSPS) is 16.7. The minimum Gasteiger partial charge on any atom is -0.267 e. The van der Waals surface area contributed by atoms with Crippen molar-refractivity contribution in [3.63, 3.8) is 0 Å². The fraction of sp³-hybridized carbons (Fsp3) is 0.500. The number of nitrogens with zero attached hydrogens (tertiary/aromatic N) is 3. The molecular formula is C30H41N3O. The summed E-state index contributed by atoms with van der Waals surface area (Å²) in [6.45, 7) is 11.7. The Morgan fingerprint density at radius 2 is 1.85 bits per heavy atom. The Balaban J connectivity index is 1.44. The summed E-state index contributed by atoms with van der Waals surface area (Å²) in [4.78, 5) is 16.6. The minimum atomic E-state index is -0.139. The van der Waals surface area contributed by atoms with Gasteiger partial charge in [-0.05, 0) is 102 Å². The summed E-state index contributed by atoms with van der Waals surface area (Å²) in [5.74, 6) is 0.549. The number of rotatable bonds is 10. The van der Waals surface area contributed by atoms with E-state index in [0.717, 1.165) is 31.2 Å². The van der Waals surface area contributed by atoms with Crippen LogP contribution in [-0.2, 0) is 6.42 Å². The van der Waals surface area contributed by atoms with Gasteiger partial charge in [-0.25, -0.2) is 4.98 Å². The molecule has 0 aliphatic heterocycles. The first-order valence-corrected chi connectivity index (χ1v) is 12.8. The van der Waals surface area contributed by atoms with Crippen LogP contribution in [0.15, 0.2) is 75.9 Å². The summed E-state index contributed by atoms with van der Waals surface area (Å²) in [6, 6.07) is 7.13. The Morgan fingerprint density at radius 1 is 1.09 bits per heavy atom. The number of aromatic nitrogens is 3. The van der Waals surface area contributed by atoms with Gasteiger partial charge in [0.05, 0.1) is 6.20 Å². The lowest BCUT2D eigenvalue weighted by Gasteiger charge is -2.35. The molecule has 3 rings (SSSR count). The van der Waals surface area contributed by atoms with Crippen LogP contribution < -0.4 is 5.56 Å². The number of allylic oxidation sites excluding steroid dienone is 6. The molecule has 0 saturated heterocycles. The topological polar surface area (TPSA) is 47.8 Å². The summed E-state index contributed by atoms with van der Waals surface area (Å²) in [7, 11) is 0. The van der Waals surface area contributed by atoms with E-state index in [2.05, 4.69) is 56.9 Å². The fourth-order valence-corrected chi connectivity index (χ4v) is 5.02. The molecule has 4 nitrogen and oxygen atoms in total. The van der Waals surface area contributed by atoms with Crippen molar-refractivity contribution < 1.29 is 0 Å². The number of aryl methyl sites for hydroxylation is 1. The predicted molar refractivity (Wildman–Crippen MR) is 142 cm³/mol. The van der Waals surface area contributed by atoms with E-state index in [9.17, 15) is 4.79 Å². The molecule has 0 saturated carbocycles. The van der Waals surface area contributed by atoms with E-state index in [4.69, 9.17) is 0 Å². The van der Waals surface area contributed by atoms with Crippen LogP contribution >= 0.6 is 0 Å². The molecule has 2 aromatic rings. The molecule has 4 heteroatoms. The monoisotopic (exact) mass is 459 g/mol. The van der Waals surface area contributed by atoms with Gasteiger partial charge in [0.2, 0.25) is 0 Å². The molecule has 1 aliphatic rings. The maximum absolute atomic E-state index is 12.4. The molecule has 34 heavy (non-hydrogen) atoms. The SMILES string of the molecule is CC1=C(CC/C(C)=C/CC/C(C)=C/CCc2cnn(-c3ccccn3)c(=O)c2)C(C)(C)CCC1. The quantitative estimate of drug-likeness (QED) is 0.345. The Morgan fingerprint density at radius 3 is 2.56 bits per heavy atom. The van der Waals surface area contributed by atoms with E-state index in [1.54, 1.807) is 35.7 Å². The lowest BCUT2D eigenvalue weighted by Crippen LogP contribution is -2.21. The van der Waals surface area contributed by atoms with Gasteiger partial charge in [0, 0.05) is 12.3 Å². The first kappa shape index (κ1) is 25.9. The van der Waals surface area contributed by atoms with Gasteiger partial charge >= 0.3 is 0 Å². The molecule has 182 valence electrons. The molecule has 0 bridgehead atoms. The first-order valence-electron chi connectivity index (χ1n) is 12.8. The second-order valence-corrected chi connectivity index (χ2v) is 10.5. The third kappa shape index (κ3) is 7.38. The standard InChI is InChI=1S/C30H41N3O/c1-23(11-8-12-24(2)17-18-27-25(3)14-10-19-30(27,4)5)13-9-15-26-21-29(34)33(32-22-26)28-16-6-7-20-31-28/h6-7,12-13,16,20-22H,8-11,14-15,17-19H2,1-5H3/b23-13+,24-12+. The van der Waals surface area contributed by atoms with Gasteiger partial charge in [0.1, 0.15) is 0 Å². The van der Waals surface area contributed by atoms with Crippen LogP contribution in [0, 0.1) is 5.41 Å². The van der Waals surface area contributed by atoms with Crippen molar-refractivity contribution in [2.75, 3.05) is 0 Å². The summed E-state index contributed by atoms with van der Waals surface area (Å²) >= 11 is 0. The Kier molecular flexibility index (Phi) is 9.20. The van der Waals surface area contributed by atoms with Crippen LogP contribution in [0.4, 0.5) is 0 Å². The fourth-order valence-electron chi connectivity index (χ4n) is 5.02. The van der Waals surface area contributed by atoms with E-state index in [1.165, 1.54) is 47.9 Å².